The van der Waals surface area contributed by atoms with Gasteiger partial charge in [-0.2, -0.15) is 0 Å². The summed E-state index contributed by atoms with van der Waals surface area (Å²) in [6.45, 7) is 0.0638. The minimum Gasteiger partial charge on any atom is -0.389 e. The molecule has 0 bridgehead atoms. The van der Waals surface area contributed by atoms with Gasteiger partial charge in [0, 0.05) is 15.5 Å². The highest BCUT2D eigenvalue weighted by atomic mass is 79.9. The Kier molecular flexibility index (Phi) is 4.72. The molecule has 2 N–H and O–H groups in total. The summed E-state index contributed by atoms with van der Waals surface area (Å²) in [5, 5.41) is 10.2. The van der Waals surface area contributed by atoms with Crippen molar-refractivity contribution >= 4 is 41.9 Å². The molecule has 1 saturated carbocycles. The van der Waals surface area contributed by atoms with Gasteiger partial charge in [0.2, 0.25) is 10.0 Å². The number of rotatable bonds is 4. The fraction of sp³-hybridized carbons (Fsp3) is 0.500. The molecule has 0 atom stereocenters. The molecule has 1 aliphatic rings. The third kappa shape index (κ3) is 3.78. The summed E-state index contributed by atoms with van der Waals surface area (Å²) in [6, 6.07) is 4.96. The first kappa shape index (κ1) is 15.4. The number of halogens is 2. The second-order valence-corrected chi connectivity index (χ2v) is 8.34. The van der Waals surface area contributed by atoms with E-state index in [1.807, 2.05) is 0 Å². The van der Waals surface area contributed by atoms with Crippen LogP contribution in [-0.2, 0) is 10.0 Å². The van der Waals surface area contributed by atoms with Gasteiger partial charge in [-0.15, -0.1) is 0 Å². The van der Waals surface area contributed by atoms with Crippen LogP contribution < -0.4 is 4.72 Å². The zero-order chi connectivity index (χ0) is 14.1. The van der Waals surface area contributed by atoms with Gasteiger partial charge in [0.1, 0.15) is 0 Å². The Morgan fingerprint density at radius 2 is 1.89 bits per heavy atom. The van der Waals surface area contributed by atoms with Gasteiger partial charge in [-0.25, -0.2) is 13.1 Å². The van der Waals surface area contributed by atoms with Crippen LogP contribution >= 0.6 is 31.9 Å². The summed E-state index contributed by atoms with van der Waals surface area (Å²) >= 11 is 6.48. The van der Waals surface area contributed by atoms with Crippen LogP contribution in [0, 0.1) is 0 Å². The molecule has 2 rings (SSSR count). The summed E-state index contributed by atoms with van der Waals surface area (Å²) in [6.07, 6.45) is 3.18. The van der Waals surface area contributed by atoms with Gasteiger partial charge in [-0.3, -0.25) is 0 Å². The molecule has 1 fully saturated rings. The Balaban J connectivity index is 2.16. The van der Waals surface area contributed by atoms with E-state index in [1.165, 1.54) is 6.07 Å². The third-order valence-electron chi connectivity index (χ3n) is 3.31. The Morgan fingerprint density at radius 1 is 1.26 bits per heavy atom. The number of nitrogens with one attached hydrogen (secondary N) is 1. The molecule has 0 amide bonds. The van der Waals surface area contributed by atoms with E-state index in [2.05, 4.69) is 36.6 Å². The van der Waals surface area contributed by atoms with Gasteiger partial charge in [0.15, 0.2) is 0 Å². The van der Waals surface area contributed by atoms with Crippen LogP contribution in [0.15, 0.2) is 32.0 Å². The summed E-state index contributed by atoms with van der Waals surface area (Å²) in [5.41, 5.74) is -0.897. The molecular weight excluding hydrogens is 398 g/mol. The average molecular weight is 413 g/mol. The van der Waals surface area contributed by atoms with E-state index in [1.54, 1.807) is 12.1 Å². The molecule has 1 aromatic carbocycles. The Hall–Kier alpha value is 0.0500. The van der Waals surface area contributed by atoms with Crippen molar-refractivity contribution in [2.24, 2.45) is 0 Å². The van der Waals surface area contributed by atoms with Crippen LogP contribution in [0.5, 0.6) is 0 Å². The number of hydrogen-bond donors (Lipinski definition) is 2. The third-order valence-corrected chi connectivity index (χ3v) is 6.20. The Bertz CT molecular complexity index is 568. The van der Waals surface area contributed by atoms with Crippen molar-refractivity contribution < 1.29 is 13.5 Å². The lowest BCUT2D eigenvalue weighted by molar-refractivity contribution is 0.0532. The van der Waals surface area contributed by atoms with E-state index in [0.29, 0.717) is 21.8 Å². The molecule has 0 radical (unpaired) electrons. The minimum absolute atomic E-state index is 0.0638. The lowest BCUT2D eigenvalue weighted by Crippen LogP contribution is -2.40. The van der Waals surface area contributed by atoms with Crippen molar-refractivity contribution in [1.82, 2.24) is 4.72 Å². The standard InChI is InChI=1S/C12H15Br2NO3S/c13-9-3-4-10(14)11(7-9)19(17,18)15-8-12(16)5-1-2-6-12/h3-4,7,15-16H,1-2,5-6,8H2. The highest BCUT2D eigenvalue weighted by Gasteiger charge is 2.32. The first-order valence-electron chi connectivity index (χ1n) is 6.00. The largest absolute Gasteiger partial charge is 0.389 e. The van der Waals surface area contributed by atoms with E-state index >= 15 is 0 Å². The summed E-state index contributed by atoms with van der Waals surface area (Å²) < 4.78 is 28.2. The van der Waals surface area contributed by atoms with E-state index in [-0.39, 0.29) is 11.4 Å². The molecule has 0 saturated heterocycles. The van der Waals surface area contributed by atoms with Gasteiger partial charge in [0.25, 0.3) is 0 Å². The van der Waals surface area contributed by atoms with E-state index in [4.69, 9.17) is 0 Å². The maximum absolute atomic E-state index is 12.2. The minimum atomic E-state index is -3.63. The highest BCUT2D eigenvalue weighted by Crippen LogP contribution is 2.30. The maximum atomic E-state index is 12.2. The van der Waals surface area contributed by atoms with E-state index in [9.17, 15) is 13.5 Å². The van der Waals surface area contributed by atoms with Crippen LogP contribution in [0.3, 0.4) is 0 Å². The fourth-order valence-corrected chi connectivity index (χ4v) is 4.82. The van der Waals surface area contributed by atoms with Crippen LogP contribution in [0.25, 0.3) is 0 Å². The second-order valence-electron chi connectivity index (χ2n) is 4.83. The van der Waals surface area contributed by atoms with Crippen molar-refractivity contribution in [1.29, 1.82) is 0 Å². The fourth-order valence-electron chi connectivity index (χ4n) is 2.20. The van der Waals surface area contributed by atoms with E-state index in [0.717, 1.165) is 12.8 Å². The number of benzene rings is 1. The highest BCUT2D eigenvalue weighted by molar-refractivity contribution is 9.11. The molecular formula is C12H15Br2NO3S. The summed E-state index contributed by atoms with van der Waals surface area (Å²) in [7, 11) is -3.63. The van der Waals surface area contributed by atoms with Crippen molar-refractivity contribution in [3.63, 3.8) is 0 Å². The normalized spacial score (nSPS) is 18.7. The summed E-state index contributed by atoms with van der Waals surface area (Å²) in [4.78, 5) is 0.170. The molecule has 7 heteroatoms. The lowest BCUT2D eigenvalue weighted by atomic mass is 10.0. The van der Waals surface area contributed by atoms with Gasteiger partial charge in [-0.05, 0) is 47.0 Å². The zero-order valence-electron chi connectivity index (χ0n) is 10.2. The van der Waals surface area contributed by atoms with Crippen LogP contribution in [0.4, 0.5) is 0 Å². The monoisotopic (exact) mass is 411 g/mol. The number of hydrogen-bond acceptors (Lipinski definition) is 3. The van der Waals surface area contributed by atoms with Gasteiger partial charge < -0.3 is 5.11 Å². The van der Waals surface area contributed by atoms with Crippen molar-refractivity contribution in [2.75, 3.05) is 6.54 Å². The first-order valence-corrected chi connectivity index (χ1v) is 9.06. The Labute approximate surface area is 129 Å². The topological polar surface area (TPSA) is 66.4 Å². The quantitative estimate of drug-likeness (QED) is 0.798. The SMILES string of the molecule is O=S(=O)(NCC1(O)CCCC1)c1cc(Br)ccc1Br. The van der Waals surface area contributed by atoms with Gasteiger partial charge in [-0.1, -0.05) is 28.8 Å². The molecule has 1 aromatic rings. The van der Waals surface area contributed by atoms with Crippen molar-refractivity contribution in [2.45, 2.75) is 36.2 Å². The molecule has 0 heterocycles. The summed E-state index contributed by atoms with van der Waals surface area (Å²) in [5.74, 6) is 0. The molecule has 0 unspecified atom stereocenters. The van der Waals surface area contributed by atoms with Crippen molar-refractivity contribution in [3.05, 3.63) is 27.1 Å². The molecule has 0 spiro atoms. The van der Waals surface area contributed by atoms with Crippen LogP contribution in [0.2, 0.25) is 0 Å². The predicted octanol–water partition coefficient (Wildman–Crippen LogP) is 2.80. The molecule has 0 aliphatic heterocycles. The van der Waals surface area contributed by atoms with E-state index < -0.39 is 15.6 Å². The molecule has 4 nitrogen and oxygen atoms in total. The molecule has 0 aromatic heterocycles. The van der Waals surface area contributed by atoms with Gasteiger partial charge >= 0.3 is 0 Å². The van der Waals surface area contributed by atoms with Crippen LogP contribution in [-0.4, -0.2) is 25.7 Å². The number of sulfonamides is 1. The number of aliphatic hydroxyl groups is 1. The second kappa shape index (κ2) is 5.81. The molecule has 106 valence electrons. The Morgan fingerprint density at radius 3 is 2.53 bits per heavy atom. The molecule has 19 heavy (non-hydrogen) atoms. The average Bonchev–Trinajstić information content (AvgIpc) is 2.78. The lowest BCUT2D eigenvalue weighted by Gasteiger charge is -2.22. The first-order chi connectivity index (χ1) is 8.82. The maximum Gasteiger partial charge on any atom is 0.241 e. The molecule has 1 aliphatic carbocycles. The van der Waals surface area contributed by atoms with Crippen molar-refractivity contribution in [3.8, 4) is 0 Å². The predicted molar refractivity (Wildman–Crippen MR) is 80.4 cm³/mol. The van der Waals surface area contributed by atoms with Gasteiger partial charge in [0.05, 0.1) is 10.5 Å². The van der Waals surface area contributed by atoms with Crippen LogP contribution in [0.1, 0.15) is 25.7 Å². The smallest absolute Gasteiger partial charge is 0.241 e. The zero-order valence-corrected chi connectivity index (χ0v) is 14.2.